The van der Waals surface area contributed by atoms with E-state index in [2.05, 4.69) is 0 Å². The Hall–Kier alpha value is -3.60. The minimum absolute atomic E-state index is 0.0196. The summed E-state index contributed by atoms with van der Waals surface area (Å²) < 4.78 is 5.76. The lowest BCUT2D eigenvalue weighted by Crippen LogP contribution is -2.29. The number of nitrogens with zero attached hydrogens (tertiary/aromatic N) is 1. The van der Waals surface area contributed by atoms with Crippen LogP contribution in [0.2, 0.25) is 0 Å². The molecule has 1 atom stereocenters. The van der Waals surface area contributed by atoms with Crippen molar-refractivity contribution in [2.75, 3.05) is 4.90 Å². The number of furan rings is 1. The Kier molecular flexibility index (Phi) is 4.35. The number of hydrogen-bond acceptors (Lipinski definition) is 4. The Morgan fingerprint density at radius 1 is 0.929 bits per heavy atom. The summed E-state index contributed by atoms with van der Waals surface area (Å²) in [5.41, 5.74) is 2.10. The molecule has 2 heterocycles. The number of ketones is 1. The number of amides is 1. The number of aryl methyl sites for hydroxylation is 2. The highest BCUT2D eigenvalue weighted by atomic mass is 16.3. The Labute approximate surface area is 162 Å². The predicted molar refractivity (Wildman–Crippen MR) is 106 cm³/mol. The molecule has 1 unspecified atom stereocenters. The molecule has 1 amide bonds. The highest BCUT2D eigenvalue weighted by molar-refractivity contribution is 6.51. The molecule has 1 aliphatic heterocycles. The normalized spacial score (nSPS) is 18.6. The SMILES string of the molecule is Cc1ccc(N2C(=O)C(=O)/C(=C(\O)c3ccccc3)C2c2ccc(C)o2)cc1. The van der Waals surface area contributed by atoms with Gasteiger partial charge in [-0.3, -0.25) is 14.5 Å². The number of rotatable bonds is 3. The molecule has 0 aliphatic carbocycles. The van der Waals surface area contributed by atoms with Gasteiger partial charge in [0, 0.05) is 11.3 Å². The second-order valence-electron chi connectivity index (χ2n) is 6.82. The Morgan fingerprint density at radius 3 is 2.21 bits per heavy atom. The lowest BCUT2D eigenvalue weighted by molar-refractivity contribution is -0.132. The number of Topliss-reactive ketones (excluding diaryl/α,β-unsaturated/α-hetero) is 1. The van der Waals surface area contributed by atoms with Crippen LogP contribution in [0.5, 0.6) is 0 Å². The number of aliphatic hydroxyl groups is 1. The van der Waals surface area contributed by atoms with Crippen LogP contribution in [0.15, 0.2) is 76.7 Å². The summed E-state index contributed by atoms with van der Waals surface area (Å²) in [6.07, 6.45) is 0. The minimum Gasteiger partial charge on any atom is -0.507 e. The zero-order chi connectivity index (χ0) is 19.8. The maximum Gasteiger partial charge on any atom is 0.300 e. The number of carbonyl (C=O) groups excluding carboxylic acids is 2. The Balaban J connectivity index is 1.93. The topological polar surface area (TPSA) is 70.8 Å². The van der Waals surface area contributed by atoms with Crippen molar-refractivity contribution < 1.29 is 19.1 Å². The third-order valence-electron chi connectivity index (χ3n) is 4.83. The molecule has 1 N–H and O–H groups in total. The van der Waals surface area contributed by atoms with E-state index in [1.807, 2.05) is 25.1 Å². The van der Waals surface area contributed by atoms with E-state index in [4.69, 9.17) is 4.42 Å². The molecule has 2 aromatic carbocycles. The molecular weight excluding hydrogens is 354 g/mol. The van der Waals surface area contributed by atoms with Gasteiger partial charge in [-0.2, -0.15) is 0 Å². The second kappa shape index (κ2) is 6.85. The zero-order valence-corrected chi connectivity index (χ0v) is 15.5. The van der Waals surface area contributed by atoms with E-state index in [1.165, 1.54) is 4.90 Å². The van der Waals surface area contributed by atoms with Gasteiger partial charge in [-0.25, -0.2) is 0 Å². The lowest BCUT2D eigenvalue weighted by Gasteiger charge is -2.23. The summed E-state index contributed by atoms with van der Waals surface area (Å²) in [6, 6.07) is 18.7. The van der Waals surface area contributed by atoms with Crippen LogP contribution < -0.4 is 4.90 Å². The minimum atomic E-state index is -0.836. The molecule has 0 bridgehead atoms. The van der Waals surface area contributed by atoms with Gasteiger partial charge in [0.25, 0.3) is 11.7 Å². The van der Waals surface area contributed by atoms with Crippen LogP contribution in [-0.4, -0.2) is 16.8 Å². The van der Waals surface area contributed by atoms with Crippen molar-refractivity contribution >= 4 is 23.1 Å². The molecular formula is C23H19NO4. The maximum absolute atomic E-state index is 12.9. The zero-order valence-electron chi connectivity index (χ0n) is 15.5. The molecule has 4 rings (SSSR count). The third-order valence-corrected chi connectivity index (χ3v) is 4.83. The van der Waals surface area contributed by atoms with Crippen LogP contribution in [0.1, 0.15) is 28.7 Å². The number of hydrogen-bond donors (Lipinski definition) is 1. The van der Waals surface area contributed by atoms with E-state index < -0.39 is 17.7 Å². The fraction of sp³-hybridized carbons (Fsp3) is 0.130. The smallest absolute Gasteiger partial charge is 0.300 e. The van der Waals surface area contributed by atoms with E-state index in [9.17, 15) is 14.7 Å². The number of benzene rings is 2. The first-order valence-electron chi connectivity index (χ1n) is 8.97. The third kappa shape index (κ3) is 2.91. The first-order chi connectivity index (χ1) is 13.5. The number of carbonyl (C=O) groups is 2. The summed E-state index contributed by atoms with van der Waals surface area (Å²) in [5, 5.41) is 10.9. The monoisotopic (exact) mass is 373 g/mol. The van der Waals surface area contributed by atoms with Crippen LogP contribution in [0.3, 0.4) is 0 Å². The predicted octanol–water partition coefficient (Wildman–Crippen LogP) is 4.52. The number of aliphatic hydroxyl groups excluding tert-OH is 1. The van der Waals surface area contributed by atoms with Gasteiger partial charge in [-0.05, 0) is 38.1 Å². The van der Waals surface area contributed by atoms with Crippen molar-refractivity contribution in [3.8, 4) is 0 Å². The molecule has 0 saturated carbocycles. The summed E-state index contributed by atoms with van der Waals surface area (Å²) >= 11 is 0. The first-order valence-corrected chi connectivity index (χ1v) is 8.97. The molecule has 0 spiro atoms. The van der Waals surface area contributed by atoms with E-state index in [0.717, 1.165) is 5.56 Å². The van der Waals surface area contributed by atoms with Crippen molar-refractivity contribution in [1.82, 2.24) is 0 Å². The summed E-state index contributed by atoms with van der Waals surface area (Å²) in [7, 11) is 0. The van der Waals surface area contributed by atoms with Gasteiger partial charge in [0.15, 0.2) is 0 Å². The first kappa shape index (κ1) is 17.8. The molecule has 140 valence electrons. The van der Waals surface area contributed by atoms with Crippen molar-refractivity contribution in [3.63, 3.8) is 0 Å². The fourth-order valence-corrected chi connectivity index (χ4v) is 3.43. The second-order valence-corrected chi connectivity index (χ2v) is 6.82. The highest BCUT2D eigenvalue weighted by Crippen LogP contribution is 2.42. The van der Waals surface area contributed by atoms with E-state index in [1.54, 1.807) is 55.5 Å². The average molecular weight is 373 g/mol. The molecule has 1 saturated heterocycles. The van der Waals surface area contributed by atoms with Gasteiger partial charge < -0.3 is 9.52 Å². The molecule has 5 heteroatoms. The highest BCUT2D eigenvalue weighted by Gasteiger charge is 2.48. The van der Waals surface area contributed by atoms with Crippen LogP contribution in [0.4, 0.5) is 5.69 Å². The van der Waals surface area contributed by atoms with Gasteiger partial charge in [0.1, 0.15) is 23.3 Å². The van der Waals surface area contributed by atoms with E-state index in [-0.39, 0.29) is 11.3 Å². The average Bonchev–Trinajstić information content (AvgIpc) is 3.24. The van der Waals surface area contributed by atoms with Crippen molar-refractivity contribution in [3.05, 3.63) is 95.0 Å². The molecule has 5 nitrogen and oxygen atoms in total. The Bertz CT molecular complexity index is 1080. The van der Waals surface area contributed by atoms with Gasteiger partial charge in [0.05, 0.1) is 5.57 Å². The van der Waals surface area contributed by atoms with E-state index >= 15 is 0 Å². The standard InChI is InChI=1S/C23H19NO4/c1-14-8-11-17(12-9-14)24-20(18-13-10-15(2)28-18)19(22(26)23(24)27)21(25)16-6-4-3-5-7-16/h3-13,20,25H,1-2H3/b21-19-. The van der Waals surface area contributed by atoms with Crippen LogP contribution in [-0.2, 0) is 9.59 Å². The molecule has 3 aromatic rings. The summed E-state index contributed by atoms with van der Waals surface area (Å²) in [5.74, 6) is -0.562. The molecule has 1 aromatic heterocycles. The van der Waals surface area contributed by atoms with Gasteiger partial charge in [0.2, 0.25) is 0 Å². The Morgan fingerprint density at radius 2 is 1.61 bits per heavy atom. The van der Waals surface area contributed by atoms with Crippen molar-refractivity contribution in [2.45, 2.75) is 19.9 Å². The maximum atomic E-state index is 12.9. The quantitative estimate of drug-likeness (QED) is 0.416. The van der Waals surface area contributed by atoms with Gasteiger partial charge in [-0.1, -0.05) is 48.0 Å². The van der Waals surface area contributed by atoms with E-state index in [0.29, 0.717) is 22.8 Å². The number of anilines is 1. The summed E-state index contributed by atoms with van der Waals surface area (Å²) in [6.45, 7) is 3.74. The molecule has 1 aliphatic rings. The van der Waals surface area contributed by atoms with Crippen LogP contribution in [0.25, 0.3) is 5.76 Å². The summed E-state index contributed by atoms with van der Waals surface area (Å²) in [4.78, 5) is 27.2. The van der Waals surface area contributed by atoms with Gasteiger partial charge >= 0.3 is 0 Å². The van der Waals surface area contributed by atoms with Crippen LogP contribution in [0, 0.1) is 13.8 Å². The molecule has 1 fully saturated rings. The largest absolute Gasteiger partial charge is 0.507 e. The molecule has 28 heavy (non-hydrogen) atoms. The van der Waals surface area contributed by atoms with Crippen molar-refractivity contribution in [1.29, 1.82) is 0 Å². The fourth-order valence-electron chi connectivity index (χ4n) is 3.43. The molecule has 0 radical (unpaired) electrons. The van der Waals surface area contributed by atoms with Crippen molar-refractivity contribution in [2.24, 2.45) is 0 Å². The van der Waals surface area contributed by atoms with Gasteiger partial charge in [-0.15, -0.1) is 0 Å². The lowest BCUT2D eigenvalue weighted by atomic mass is 9.99. The van der Waals surface area contributed by atoms with Crippen LogP contribution >= 0.6 is 0 Å².